The first-order valence-corrected chi connectivity index (χ1v) is 6.22. The predicted octanol–water partition coefficient (Wildman–Crippen LogP) is 1.10. The largest absolute Gasteiger partial charge is 0.390 e. The fourth-order valence-corrected chi connectivity index (χ4v) is 2.11. The summed E-state index contributed by atoms with van der Waals surface area (Å²) in [4.78, 5) is 6.59. The van der Waals surface area contributed by atoms with Gasteiger partial charge in [-0.2, -0.15) is 0 Å². The second-order valence-electron chi connectivity index (χ2n) is 5.06. The molecule has 3 N–H and O–H groups in total. The number of hydrogen-bond donors (Lipinski definition) is 2. The molecule has 4 heteroatoms. The Morgan fingerprint density at radius 3 is 2.76 bits per heavy atom. The minimum absolute atomic E-state index is 0.0888. The fraction of sp³-hybridized carbons (Fsp3) is 0.615. The second kappa shape index (κ2) is 5.02. The van der Waals surface area contributed by atoms with Crippen LogP contribution >= 0.6 is 0 Å². The van der Waals surface area contributed by atoms with Gasteiger partial charge in [-0.05, 0) is 24.5 Å². The molecule has 2 rings (SSSR count). The third-order valence-electron chi connectivity index (χ3n) is 3.36. The normalized spacial score (nSPS) is 25.4. The van der Waals surface area contributed by atoms with Crippen LogP contribution in [-0.4, -0.2) is 35.3 Å². The summed E-state index contributed by atoms with van der Waals surface area (Å²) in [5, 5.41) is 9.77. The van der Waals surface area contributed by atoms with Crippen molar-refractivity contribution in [2.75, 3.05) is 18.0 Å². The summed E-state index contributed by atoms with van der Waals surface area (Å²) in [6.45, 7) is 5.75. The van der Waals surface area contributed by atoms with Gasteiger partial charge in [0.25, 0.3) is 0 Å². The van der Waals surface area contributed by atoms with Crippen LogP contribution < -0.4 is 10.6 Å². The highest BCUT2D eigenvalue weighted by Crippen LogP contribution is 2.20. The number of piperidine rings is 1. The van der Waals surface area contributed by atoms with Gasteiger partial charge < -0.3 is 15.7 Å². The number of nitrogens with zero attached hydrogens (tertiary/aromatic N) is 2. The molecule has 1 aromatic heterocycles. The van der Waals surface area contributed by atoms with Crippen molar-refractivity contribution < 1.29 is 5.11 Å². The number of pyridine rings is 1. The Morgan fingerprint density at radius 2 is 2.24 bits per heavy atom. The van der Waals surface area contributed by atoms with E-state index >= 15 is 0 Å². The maximum absolute atomic E-state index is 9.77. The Balaban J connectivity index is 2.07. The highest BCUT2D eigenvalue weighted by atomic mass is 16.3. The lowest BCUT2D eigenvalue weighted by Crippen LogP contribution is -2.50. The van der Waals surface area contributed by atoms with Gasteiger partial charge in [-0.1, -0.05) is 13.8 Å². The number of aliphatic hydroxyl groups is 1. The molecule has 2 unspecified atom stereocenters. The lowest BCUT2D eigenvalue weighted by Gasteiger charge is -2.35. The quantitative estimate of drug-likeness (QED) is 0.806. The number of aliphatic hydroxyl groups excluding tert-OH is 1. The lowest BCUT2D eigenvalue weighted by atomic mass is 10.0. The summed E-state index contributed by atoms with van der Waals surface area (Å²) in [6, 6.07) is 4.04. The SMILES string of the molecule is CC(C)c1ccc(N2CCC(N)C(O)C2)cn1. The van der Waals surface area contributed by atoms with Gasteiger partial charge in [-0.3, -0.25) is 4.98 Å². The van der Waals surface area contributed by atoms with Crippen LogP contribution in [0.3, 0.4) is 0 Å². The smallest absolute Gasteiger partial charge is 0.0866 e. The van der Waals surface area contributed by atoms with Gasteiger partial charge in [0.2, 0.25) is 0 Å². The van der Waals surface area contributed by atoms with Gasteiger partial charge in [0, 0.05) is 24.8 Å². The summed E-state index contributed by atoms with van der Waals surface area (Å²) < 4.78 is 0. The van der Waals surface area contributed by atoms with Gasteiger partial charge in [0.1, 0.15) is 0 Å². The van der Waals surface area contributed by atoms with Gasteiger partial charge in [0.05, 0.1) is 18.0 Å². The van der Waals surface area contributed by atoms with Crippen LogP contribution in [0.5, 0.6) is 0 Å². The molecular weight excluding hydrogens is 214 g/mol. The van der Waals surface area contributed by atoms with E-state index in [-0.39, 0.29) is 6.04 Å². The van der Waals surface area contributed by atoms with E-state index in [1.165, 1.54) is 0 Å². The topological polar surface area (TPSA) is 62.4 Å². The molecule has 0 saturated carbocycles. The van der Waals surface area contributed by atoms with E-state index in [4.69, 9.17) is 5.73 Å². The van der Waals surface area contributed by atoms with Crippen LogP contribution in [0, 0.1) is 0 Å². The summed E-state index contributed by atoms with van der Waals surface area (Å²) in [6.07, 6.45) is 2.28. The molecule has 0 bridgehead atoms. The molecular formula is C13H21N3O. The van der Waals surface area contributed by atoms with Crippen molar-refractivity contribution in [3.63, 3.8) is 0 Å². The molecule has 2 atom stereocenters. The van der Waals surface area contributed by atoms with E-state index in [1.807, 2.05) is 6.20 Å². The van der Waals surface area contributed by atoms with Crippen molar-refractivity contribution in [3.05, 3.63) is 24.0 Å². The zero-order chi connectivity index (χ0) is 12.4. The van der Waals surface area contributed by atoms with E-state index in [0.29, 0.717) is 12.5 Å². The first-order chi connectivity index (χ1) is 8.08. The number of hydrogen-bond acceptors (Lipinski definition) is 4. The Bertz CT molecular complexity index is 363. The maximum atomic E-state index is 9.77. The van der Waals surface area contributed by atoms with Gasteiger partial charge in [-0.25, -0.2) is 0 Å². The van der Waals surface area contributed by atoms with Crippen LogP contribution in [-0.2, 0) is 0 Å². The number of β-amino-alcohol motifs (C(OH)–C–C–N with tert-alkyl or cyclic N) is 1. The third kappa shape index (κ3) is 2.76. The standard InChI is InChI=1S/C13H21N3O/c1-9(2)12-4-3-10(7-15-12)16-6-5-11(14)13(17)8-16/h3-4,7,9,11,13,17H,5-6,8,14H2,1-2H3. The zero-order valence-corrected chi connectivity index (χ0v) is 10.5. The van der Waals surface area contributed by atoms with Gasteiger partial charge in [-0.15, -0.1) is 0 Å². The molecule has 1 aromatic rings. The molecule has 0 radical (unpaired) electrons. The van der Waals surface area contributed by atoms with Crippen LogP contribution in [0.2, 0.25) is 0 Å². The predicted molar refractivity (Wildman–Crippen MR) is 69.1 cm³/mol. The molecule has 0 amide bonds. The summed E-state index contributed by atoms with van der Waals surface area (Å²) in [5.74, 6) is 0.449. The van der Waals surface area contributed by atoms with Crippen molar-refractivity contribution in [1.82, 2.24) is 4.98 Å². The minimum atomic E-state index is -0.437. The summed E-state index contributed by atoms with van der Waals surface area (Å²) >= 11 is 0. The van der Waals surface area contributed by atoms with E-state index < -0.39 is 6.10 Å². The molecule has 17 heavy (non-hydrogen) atoms. The molecule has 0 aromatic carbocycles. The molecule has 0 aliphatic carbocycles. The Kier molecular flexibility index (Phi) is 3.64. The molecule has 0 spiro atoms. The third-order valence-corrected chi connectivity index (χ3v) is 3.36. The van der Waals surface area contributed by atoms with E-state index in [0.717, 1.165) is 24.3 Å². The highest BCUT2D eigenvalue weighted by molar-refractivity contribution is 5.45. The molecule has 1 saturated heterocycles. The van der Waals surface area contributed by atoms with Gasteiger partial charge >= 0.3 is 0 Å². The van der Waals surface area contributed by atoms with Crippen LogP contribution in [0.1, 0.15) is 31.9 Å². The lowest BCUT2D eigenvalue weighted by molar-refractivity contribution is 0.132. The van der Waals surface area contributed by atoms with Crippen molar-refractivity contribution in [1.29, 1.82) is 0 Å². The molecule has 2 heterocycles. The Labute approximate surface area is 102 Å². The first-order valence-electron chi connectivity index (χ1n) is 6.22. The maximum Gasteiger partial charge on any atom is 0.0866 e. The van der Waals surface area contributed by atoms with Crippen molar-refractivity contribution in [2.24, 2.45) is 5.73 Å². The first kappa shape index (κ1) is 12.3. The van der Waals surface area contributed by atoms with Crippen LogP contribution in [0.4, 0.5) is 5.69 Å². The van der Waals surface area contributed by atoms with Crippen molar-refractivity contribution in [2.45, 2.75) is 38.3 Å². The molecule has 4 nitrogen and oxygen atoms in total. The van der Waals surface area contributed by atoms with Gasteiger partial charge in [0.15, 0.2) is 0 Å². The zero-order valence-electron chi connectivity index (χ0n) is 10.5. The number of nitrogens with two attached hydrogens (primary N) is 1. The molecule has 1 aliphatic heterocycles. The number of rotatable bonds is 2. The van der Waals surface area contributed by atoms with E-state index in [2.05, 4.69) is 35.9 Å². The average molecular weight is 235 g/mol. The van der Waals surface area contributed by atoms with E-state index in [9.17, 15) is 5.11 Å². The Hall–Kier alpha value is -1.13. The van der Waals surface area contributed by atoms with Crippen LogP contribution in [0.15, 0.2) is 18.3 Å². The molecule has 1 aliphatic rings. The van der Waals surface area contributed by atoms with Crippen molar-refractivity contribution >= 4 is 5.69 Å². The summed E-state index contributed by atoms with van der Waals surface area (Å²) in [5.41, 5.74) is 7.96. The minimum Gasteiger partial charge on any atom is -0.390 e. The summed E-state index contributed by atoms with van der Waals surface area (Å²) in [7, 11) is 0. The molecule has 94 valence electrons. The molecule has 1 fully saturated rings. The highest BCUT2D eigenvalue weighted by Gasteiger charge is 2.24. The number of anilines is 1. The van der Waals surface area contributed by atoms with Crippen molar-refractivity contribution in [3.8, 4) is 0 Å². The van der Waals surface area contributed by atoms with E-state index in [1.54, 1.807) is 0 Å². The average Bonchev–Trinajstić information content (AvgIpc) is 2.33. The second-order valence-corrected chi connectivity index (χ2v) is 5.06. The Morgan fingerprint density at radius 1 is 1.47 bits per heavy atom. The number of aromatic nitrogens is 1. The van der Waals surface area contributed by atoms with Crippen LogP contribution in [0.25, 0.3) is 0 Å². The fourth-order valence-electron chi connectivity index (χ4n) is 2.11. The monoisotopic (exact) mass is 235 g/mol.